The Labute approximate surface area is 152 Å². The number of anilines is 1. The molecule has 28 heavy (non-hydrogen) atoms. The van der Waals surface area contributed by atoms with Crippen LogP contribution in [0.1, 0.15) is 11.1 Å². The topological polar surface area (TPSA) is 81.5 Å². The number of alkyl halides is 6. The number of halogens is 6. The second-order valence-corrected chi connectivity index (χ2v) is 5.38. The molecule has 0 fully saturated rings. The van der Waals surface area contributed by atoms with Gasteiger partial charge in [-0.15, -0.1) is 0 Å². The van der Waals surface area contributed by atoms with Crippen LogP contribution in [-0.2, 0) is 17.1 Å². The molecule has 0 unspecified atom stereocenters. The molecule has 0 aliphatic carbocycles. The van der Waals surface area contributed by atoms with Crippen molar-refractivity contribution in [3.05, 3.63) is 63.7 Å². The minimum absolute atomic E-state index is 0.0424. The fraction of sp³-hybridized carbons (Fsp3) is 0.188. The minimum Gasteiger partial charge on any atom is -0.484 e. The predicted molar refractivity (Wildman–Crippen MR) is 83.7 cm³/mol. The molecule has 0 saturated carbocycles. The highest BCUT2D eigenvalue weighted by Gasteiger charge is 2.37. The molecule has 2 rings (SSSR count). The monoisotopic (exact) mass is 408 g/mol. The summed E-state index contributed by atoms with van der Waals surface area (Å²) in [6.07, 6.45) is -10.1. The number of carbonyl (C=O) groups is 1. The van der Waals surface area contributed by atoms with E-state index >= 15 is 0 Å². The summed E-state index contributed by atoms with van der Waals surface area (Å²) >= 11 is 0. The number of amides is 1. The summed E-state index contributed by atoms with van der Waals surface area (Å²) in [4.78, 5) is 21.6. The van der Waals surface area contributed by atoms with Crippen LogP contribution in [0.3, 0.4) is 0 Å². The van der Waals surface area contributed by atoms with E-state index in [4.69, 9.17) is 4.74 Å². The molecule has 0 bridgehead atoms. The number of carbonyl (C=O) groups excluding carboxylic acids is 1. The SMILES string of the molecule is O=C(COc1ccc([N+](=O)[O-])cc1)Nc1cc(C(F)(F)F)cc(C(F)(F)F)c1. The smallest absolute Gasteiger partial charge is 0.416 e. The van der Waals surface area contributed by atoms with Crippen LogP contribution in [0, 0.1) is 10.1 Å². The number of hydrogen-bond acceptors (Lipinski definition) is 4. The van der Waals surface area contributed by atoms with E-state index in [0.717, 1.165) is 12.1 Å². The van der Waals surface area contributed by atoms with Gasteiger partial charge < -0.3 is 10.1 Å². The van der Waals surface area contributed by atoms with Crippen LogP contribution in [0.5, 0.6) is 5.75 Å². The van der Waals surface area contributed by atoms with E-state index in [1.165, 1.54) is 12.1 Å². The zero-order valence-corrected chi connectivity index (χ0v) is 13.6. The first-order chi connectivity index (χ1) is 12.9. The van der Waals surface area contributed by atoms with Crippen molar-refractivity contribution in [2.75, 3.05) is 11.9 Å². The summed E-state index contributed by atoms with van der Waals surface area (Å²) in [5.74, 6) is -0.980. The van der Waals surface area contributed by atoms with Crippen molar-refractivity contribution >= 4 is 17.3 Å². The van der Waals surface area contributed by atoms with Gasteiger partial charge in [-0.3, -0.25) is 14.9 Å². The Morgan fingerprint density at radius 1 is 0.964 bits per heavy atom. The quantitative estimate of drug-likeness (QED) is 0.444. The Kier molecular flexibility index (Phi) is 5.81. The lowest BCUT2D eigenvalue weighted by molar-refractivity contribution is -0.384. The summed E-state index contributed by atoms with van der Waals surface area (Å²) in [6, 6.07) is 5.20. The maximum Gasteiger partial charge on any atom is 0.416 e. The van der Waals surface area contributed by atoms with Gasteiger partial charge in [0.2, 0.25) is 0 Å². The van der Waals surface area contributed by atoms with E-state index in [-0.39, 0.29) is 17.5 Å². The zero-order valence-electron chi connectivity index (χ0n) is 13.6. The second-order valence-electron chi connectivity index (χ2n) is 5.38. The molecule has 0 radical (unpaired) electrons. The van der Waals surface area contributed by atoms with Crippen LogP contribution in [0.25, 0.3) is 0 Å². The van der Waals surface area contributed by atoms with Gasteiger partial charge in [-0.25, -0.2) is 0 Å². The van der Waals surface area contributed by atoms with Crippen LogP contribution in [0.4, 0.5) is 37.7 Å². The molecular weight excluding hydrogens is 398 g/mol. The summed E-state index contributed by atoms with van der Waals surface area (Å²) < 4.78 is 81.7. The van der Waals surface area contributed by atoms with Gasteiger partial charge in [-0.2, -0.15) is 26.3 Å². The number of rotatable bonds is 5. The Hall–Kier alpha value is -3.31. The second kappa shape index (κ2) is 7.74. The van der Waals surface area contributed by atoms with E-state index in [0.29, 0.717) is 12.1 Å². The van der Waals surface area contributed by atoms with Crippen LogP contribution >= 0.6 is 0 Å². The van der Waals surface area contributed by atoms with Gasteiger partial charge in [0.25, 0.3) is 11.6 Å². The van der Waals surface area contributed by atoms with Crippen molar-refractivity contribution in [1.82, 2.24) is 0 Å². The van der Waals surface area contributed by atoms with Gasteiger partial charge >= 0.3 is 12.4 Å². The molecule has 0 atom stereocenters. The van der Waals surface area contributed by atoms with Crippen LogP contribution in [0.2, 0.25) is 0 Å². The predicted octanol–water partition coefficient (Wildman–Crippen LogP) is 4.65. The molecule has 0 aliphatic heterocycles. The highest BCUT2D eigenvalue weighted by atomic mass is 19.4. The molecule has 1 N–H and O–H groups in total. The Morgan fingerprint density at radius 3 is 1.89 bits per heavy atom. The number of nitro groups is 1. The van der Waals surface area contributed by atoms with E-state index < -0.39 is 46.6 Å². The van der Waals surface area contributed by atoms with Crippen molar-refractivity contribution in [2.24, 2.45) is 0 Å². The summed E-state index contributed by atoms with van der Waals surface area (Å²) in [5.41, 5.74) is -4.09. The first-order valence-corrected chi connectivity index (χ1v) is 7.33. The first-order valence-electron chi connectivity index (χ1n) is 7.33. The van der Waals surface area contributed by atoms with Gasteiger partial charge in [-0.05, 0) is 30.3 Å². The Bertz CT molecular complexity index is 846. The zero-order chi connectivity index (χ0) is 21.1. The molecule has 6 nitrogen and oxygen atoms in total. The average molecular weight is 408 g/mol. The van der Waals surface area contributed by atoms with Crippen molar-refractivity contribution in [3.8, 4) is 5.75 Å². The molecule has 0 aliphatic rings. The molecule has 0 heterocycles. The number of benzene rings is 2. The van der Waals surface area contributed by atoms with Crippen molar-refractivity contribution < 1.29 is 40.8 Å². The van der Waals surface area contributed by atoms with Crippen molar-refractivity contribution in [2.45, 2.75) is 12.4 Å². The van der Waals surface area contributed by atoms with Gasteiger partial charge in [0.05, 0.1) is 16.1 Å². The largest absolute Gasteiger partial charge is 0.484 e. The lowest BCUT2D eigenvalue weighted by atomic mass is 10.1. The lowest BCUT2D eigenvalue weighted by Crippen LogP contribution is -2.21. The molecule has 2 aromatic rings. The number of non-ortho nitro benzene ring substituents is 1. The minimum atomic E-state index is -5.05. The average Bonchev–Trinajstić information content (AvgIpc) is 2.58. The van der Waals surface area contributed by atoms with E-state index in [9.17, 15) is 41.3 Å². The molecule has 1 amide bonds. The number of hydrogen-bond donors (Lipinski definition) is 1. The maximum atomic E-state index is 12.8. The van der Waals surface area contributed by atoms with Crippen LogP contribution in [0.15, 0.2) is 42.5 Å². The molecule has 150 valence electrons. The van der Waals surface area contributed by atoms with Gasteiger partial charge in [0.15, 0.2) is 6.61 Å². The fourth-order valence-electron chi connectivity index (χ4n) is 2.04. The van der Waals surface area contributed by atoms with E-state index in [1.54, 1.807) is 0 Å². The summed E-state index contributed by atoms with van der Waals surface area (Å²) in [6.45, 7) is -0.741. The van der Waals surface area contributed by atoms with Crippen LogP contribution < -0.4 is 10.1 Å². The van der Waals surface area contributed by atoms with Gasteiger partial charge in [0.1, 0.15) is 5.75 Å². The normalized spacial score (nSPS) is 11.8. The van der Waals surface area contributed by atoms with Crippen molar-refractivity contribution in [1.29, 1.82) is 0 Å². The summed E-state index contributed by atoms with van der Waals surface area (Å²) in [7, 11) is 0. The highest BCUT2D eigenvalue weighted by Crippen LogP contribution is 2.37. The molecule has 0 aromatic heterocycles. The third-order valence-electron chi connectivity index (χ3n) is 3.29. The first kappa shape index (κ1) is 21.0. The molecular formula is C16H10F6N2O4. The Morgan fingerprint density at radius 2 is 1.46 bits per heavy atom. The molecule has 0 saturated heterocycles. The van der Waals surface area contributed by atoms with E-state index in [1.807, 2.05) is 5.32 Å². The molecule has 0 spiro atoms. The standard InChI is InChI=1S/C16H10F6N2O4/c17-15(18,19)9-5-10(16(20,21)22)7-11(6-9)23-14(25)8-28-13-3-1-12(2-4-13)24(26)27/h1-7H,8H2,(H,23,25). The van der Waals surface area contributed by atoms with Crippen molar-refractivity contribution in [3.63, 3.8) is 0 Å². The number of nitrogens with one attached hydrogen (secondary N) is 1. The van der Waals surface area contributed by atoms with Gasteiger partial charge in [0, 0.05) is 17.8 Å². The fourth-order valence-corrected chi connectivity index (χ4v) is 2.04. The van der Waals surface area contributed by atoms with E-state index in [2.05, 4.69) is 0 Å². The third-order valence-corrected chi connectivity index (χ3v) is 3.29. The number of nitrogens with zero attached hydrogens (tertiary/aromatic N) is 1. The van der Waals surface area contributed by atoms with Crippen LogP contribution in [-0.4, -0.2) is 17.4 Å². The lowest BCUT2D eigenvalue weighted by Gasteiger charge is -2.15. The summed E-state index contributed by atoms with van der Waals surface area (Å²) in [5, 5.41) is 12.4. The molecule has 12 heteroatoms. The Balaban J connectivity index is 2.11. The number of nitro benzene ring substituents is 1. The highest BCUT2D eigenvalue weighted by molar-refractivity contribution is 5.92. The third kappa shape index (κ3) is 5.59. The molecule has 2 aromatic carbocycles. The number of ether oxygens (including phenoxy) is 1. The maximum absolute atomic E-state index is 12.8. The van der Waals surface area contributed by atoms with Gasteiger partial charge in [-0.1, -0.05) is 0 Å².